The van der Waals surface area contributed by atoms with Crippen LogP contribution in [0.15, 0.2) is 0 Å². The molecule has 1 saturated heterocycles. The highest BCUT2D eigenvalue weighted by Crippen LogP contribution is 2.18. The van der Waals surface area contributed by atoms with Gasteiger partial charge in [0.15, 0.2) is 0 Å². The summed E-state index contributed by atoms with van der Waals surface area (Å²) in [7, 11) is 0. The number of amides is 1. The molecule has 0 aromatic carbocycles. The maximum absolute atomic E-state index is 10.8. The minimum Gasteiger partial charge on any atom is -0.444 e. The van der Waals surface area contributed by atoms with Crippen LogP contribution in [0.25, 0.3) is 0 Å². The lowest BCUT2D eigenvalue weighted by Gasteiger charge is -2.18. The lowest BCUT2D eigenvalue weighted by molar-refractivity contribution is 0.123. The lowest BCUT2D eigenvalue weighted by Crippen LogP contribution is -2.35. The van der Waals surface area contributed by atoms with Crippen LogP contribution in [0.1, 0.15) is 27.2 Å². The Labute approximate surface area is 67.1 Å². The predicted molar refractivity (Wildman–Crippen MR) is 42.3 cm³/mol. The molecule has 1 amide bonds. The molecule has 0 aromatic rings. The van der Waals surface area contributed by atoms with Crippen molar-refractivity contribution in [1.82, 2.24) is 5.32 Å². The molecule has 1 N–H and O–H groups in total. The minimum atomic E-state index is -0.268. The molecule has 3 nitrogen and oxygen atoms in total. The van der Waals surface area contributed by atoms with Gasteiger partial charge in [-0.05, 0) is 12.3 Å². The molecule has 1 rings (SSSR count). The molecule has 0 aliphatic carbocycles. The number of cyclic esters (lactones) is 1. The monoisotopic (exact) mass is 157 g/mol. The van der Waals surface area contributed by atoms with Crippen LogP contribution in [0, 0.1) is 5.92 Å². The van der Waals surface area contributed by atoms with E-state index in [-0.39, 0.29) is 18.2 Å². The first-order valence-electron chi connectivity index (χ1n) is 4.12. The van der Waals surface area contributed by atoms with Gasteiger partial charge in [0.2, 0.25) is 0 Å². The van der Waals surface area contributed by atoms with Gasteiger partial charge in [-0.15, -0.1) is 0 Å². The molecule has 1 aliphatic heterocycles. The van der Waals surface area contributed by atoms with Gasteiger partial charge in [-0.3, -0.25) is 0 Å². The third-order valence-electron chi connectivity index (χ3n) is 2.06. The van der Waals surface area contributed by atoms with Crippen LogP contribution in [0.5, 0.6) is 0 Å². The number of carbonyl (C=O) groups excluding carboxylic acids is 1. The van der Waals surface area contributed by atoms with Crippen molar-refractivity contribution in [2.75, 3.05) is 0 Å². The smallest absolute Gasteiger partial charge is 0.407 e. The van der Waals surface area contributed by atoms with Gasteiger partial charge in [-0.1, -0.05) is 20.8 Å². The van der Waals surface area contributed by atoms with Gasteiger partial charge in [-0.25, -0.2) is 4.79 Å². The number of rotatable bonds is 2. The summed E-state index contributed by atoms with van der Waals surface area (Å²) in [6.07, 6.45) is 0.694. The summed E-state index contributed by atoms with van der Waals surface area (Å²) in [5, 5.41) is 2.79. The zero-order valence-electron chi connectivity index (χ0n) is 7.26. The molecule has 1 aliphatic rings. The zero-order chi connectivity index (χ0) is 8.43. The second kappa shape index (κ2) is 3.11. The second-order valence-corrected chi connectivity index (χ2v) is 3.27. The highest BCUT2D eigenvalue weighted by atomic mass is 16.6. The summed E-state index contributed by atoms with van der Waals surface area (Å²) in [6.45, 7) is 6.20. The molecule has 1 fully saturated rings. The van der Waals surface area contributed by atoms with Crippen molar-refractivity contribution in [3.8, 4) is 0 Å². The van der Waals surface area contributed by atoms with Crippen molar-refractivity contribution in [3.63, 3.8) is 0 Å². The Bertz CT molecular complexity index is 156. The summed E-state index contributed by atoms with van der Waals surface area (Å²) in [5.74, 6) is 0.450. The molecule has 11 heavy (non-hydrogen) atoms. The van der Waals surface area contributed by atoms with Crippen LogP contribution >= 0.6 is 0 Å². The quantitative estimate of drug-likeness (QED) is 0.660. The van der Waals surface area contributed by atoms with Gasteiger partial charge in [0, 0.05) is 0 Å². The van der Waals surface area contributed by atoms with E-state index in [1.165, 1.54) is 0 Å². The Morgan fingerprint density at radius 1 is 1.64 bits per heavy atom. The van der Waals surface area contributed by atoms with Crippen LogP contribution in [0.4, 0.5) is 4.79 Å². The fourth-order valence-corrected chi connectivity index (χ4v) is 1.41. The van der Waals surface area contributed by atoms with Crippen molar-refractivity contribution in [1.29, 1.82) is 0 Å². The highest BCUT2D eigenvalue weighted by molar-refractivity contribution is 5.70. The number of hydrogen-bond acceptors (Lipinski definition) is 2. The van der Waals surface area contributed by atoms with E-state index in [9.17, 15) is 4.79 Å². The van der Waals surface area contributed by atoms with Gasteiger partial charge in [0.1, 0.15) is 6.10 Å². The summed E-state index contributed by atoms with van der Waals surface area (Å²) in [4.78, 5) is 10.8. The van der Waals surface area contributed by atoms with E-state index in [2.05, 4.69) is 19.2 Å². The zero-order valence-corrected chi connectivity index (χ0v) is 7.26. The Balaban J connectivity index is 2.57. The molecule has 0 bridgehead atoms. The van der Waals surface area contributed by atoms with Gasteiger partial charge in [-0.2, -0.15) is 0 Å². The molecule has 2 unspecified atom stereocenters. The van der Waals surface area contributed by atoms with Gasteiger partial charge >= 0.3 is 6.09 Å². The topological polar surface area (TPSA) is 38.3 Å². The summed E-state index contributed by atoms with van der Waals surface area (Å²) < 4.78 is 5.03. The molecular formula is C8H15NO2. The standard InChI is InChI=1S/C8H15NO2/c1-4-6-7(5(2)3)9-8(10)11-6/h5-7H,4H2,1-3H3,(H,9,10). The number of carbonyl (C=O) groups is 1. The SMILES string of the molecule is CCC1OC(=O)NC1C(C)C. The van der Waals surface area contributed by atoms with Crippen LogP contribution in [0.3, 0.4) is 0 Å². The number of hydrogen-bond donors (Lipinski definition) is 1. The first-order chi connectivity index (χ1) is 5.15. The van der Waals surface area contributed by atoms with E-state index in [1.807, 2.05) is 6.92 Å². The van der Waals surface area contributed by atoms with Gasteiger partial charge in [0.05, 0.1) is 6.04 Å². The Hall–Kier alpha value is -0.730. The predicted octanol–water partition coefficient (Wildman–Crippen LogP) is 1.53. The maximum Gasteiger partial charge on any atom is 0.407 e. The fraction of sp³-hybridized carbons (Fsp3) is 0.875. The lowest BCUT2D eigenvalue weighted by atomic mass is 9.98. The van der Waals surface area contributed by atoms with E-state index in [1.54, 1.807) is 0 Å². The van der Waals surface area contributed by atoms with Crippen molar-refractivity contribution >= 4 is 6.09 Å². The van der Waals surface area contributed by atoms with Crippen molar-refractivity contribution < 1.29 is 9.53 Å². The minimum absolute atomic E-state index is 0.0718. The fourth-order valence-electron chi connectivity index (χ4n) is 1.41. The second-order valence-electron chi connectivity index (χ2n) is 3.27. The highest BCUT2D eigenvalue weighted by Gasteiger charge is 2.34. The third kappa shape index (κ3) is 1.64. The van der Waals surface area contributed by atoms with E-state index in [0.29, 0.717) is 5.92 Å². The van der Waals surface area contributed by atoms with Crippen LogP contribution in [0.2, 0.25) is 0 Å². The van der Waals surface area contributed by atoms with Gasteiger partial charge < -0.3 is 10.1 Å². The number of nitrogens with one attached hydrogen (secondary N) is 1. The molecule has 2 atom stereocenters. The summed E-state index contributed by atoms with van der Waals surface area (Å²) >= 11 is 0. The molecule has 1 heterocycles. The van der Waals surface area contributed by atoms with Crippen LogP contribution in [-0.2, 0) is 4.74 Å². The first-order valence-corrected chi connectivity index (χ1v) is 4.12. The van der Waals surface area contributed by atoms with E-state index >= 15 is 0 Å². The molecule has 0 spiro atoms. The van der Waals surface area contributed by atoms with Crippen molar-refractivity contribution in [3.05, 3.63) is 0 Å². The average molecular weight is 157 g/mol. The van der Waals surface area contributed by atoms with Crippen molar-refractivity contribution in [2.45, 2.75) is 39.3 Å². The van der Waals surface area contributed by atoms with Crippen molar-refractivity contribution in [2.24, 2.45) is 5.92 Å². The van der Waals surface area contributed by atoms with E-state index < -0.39 is 0 Å². The molecule has 0 radical (unpaired) electrons. The van der Waals surface area contributed by atoms with E-state index in [4.69, 9.17) is 4.74 Å². The third-order valence-corrected chi connectivity index (χ3v) is 2.06. The molecular weight excluding hydrogens is 142 g/mol. The summed E-state index contributed by atoms with van der Waals surface area (Å²) in [6, 6.07) is 0.201. The number of ether oxygens (including phenoxy) is 1. The summed E-state index contributed by atoms with van der Waals surface area (Å²) in [5.41, 5.74) is 0. The molecule has 3 heteroatoms. The van der Waals surface area contributed by atoms with Gasteiger partial charge in [0.25, 0.3) is 0 Å². The average Bonchev–Trinajstić information content (AvgIpc) is 2.30. The van der Waals surface area contributed by atoms with Crippen LogP contribution in [-0.4, -0.2) is 18.2 Å². The van der Waals surface area contributed by atoms with E-state index in [0.717, 1.165) is 6.42 Å². The number of alkyl carbamates (subject to hydrolysis) is 1. The normalized spacial score (nSPS) is 30.4. The maximum atomic E-state index is 10.8. The Morgan fingerprint density at radius 2 is 2.27 bits per heavy atom. The molecule has 0 saturated carbocycles. The largest absolute Gasteiger partial charge is 0.444 e. The Kier molecular flexibility index (Phi) is 2.37. The first kappa shape index (κ1) is 8.37. The Morgan fingerprint density at radius 3 is 2.64 bits per heavy atom. The molecule has 64 valence electrons. The van der Waals surface area contributed by atoms with Crippen LogP contribution < -0.4 is 5.32 Å². The molecule has 0 aromatic heterocycles.